The van der Waals surface area contributed by atoms with Crippen molar-refractivity contribution < 1.29 is 4.74 Å². The molecular weight excluding hydrogens is 364 g/mol. The third kappa shape index (κ3) is 4.45. The number of unbranched alkanes of at least 4 members (excludes halogenated alkanes) is 1. The van der Waals surface area contributed by atoms with E-state index in [-0.39, 0.29) is 0 Å². The summed E-state index contributed by atoms with van der Waals surface area (Å²) in [4.78, 5) is 8.75. The summed E-state index contributed by atoms with van der Waals surface area (Å²) in [6, 6.07) is 16.3. The van der Waals surface area contributed by atoms with Crippen molar-refractivity contribution in [1.82, 2.24) is 30.6 Å². The zero-order chi connectivity index (χ0) is 19.9. The SMILES string of the molecule is CCCCc1nccnc1OCc1ccc(-c2ccccc2-c2nnn[nH]2)cc1. The summed E-state index contributed by atoms with van der Waals surface area (Å²) in [6.45, 7) is 2.61. The lowest BCUT2D eigenvalue weighted by molar-refractivity contribution is 0.288. The number of nitrogens with one attached hydrogen (secondary N) is 1. The smallest absolute Gasteiger partial charge is 0.235 e. The molecule has 0 saturated carbocycles. The second-order valence-electron chi connectivity index (χ2n) is 6.69. The van der Waals surface area contributed by atoms with Gasteiger partial charge in [-0.1, -0.05) is 61.9 Å². The van der Waals surface area contributed by atoms with Gasteiger partial charge in [0.2, 0.25) is 5.88 Å². The third-order valence-corrected chi connectivity index (χ3v) is 4.67. The molecule has 0 unspecified atom stereocenters. The van der Waals surface area contributed by atoms with E-state index < -0.39 is 0 Å². The van der Waals surface area contributed by atoms with Crippen molar-refractivity contribution in [3.63, 3.8) is 0 Å². The summed E-state index contributed by atoms with van der Waals surface area (Å²) in [5.41, 5.74) is 5.10. The molecular formula is C22H22N6O. The van der Waals surface area contributed by atoms with Crippen molar-refractivity contribution >= 4 is 0 Å². The Bertz CT molecular complexity index is 1050. The lowest BCUT2D eigenvalue weighted by Crippen LogP contribution is -2.02. The van der Waals surface area contributed by atoms with Gasteiger partial charge in [0.15, 0.2) is 5.82 Å². The van der Waals surface area contributed by atoms with Crippen LogP contribution < -0.4 is 4.74 Å². The molecule has 29 heavy (non-hydrogen) atoms. The second-order valence-corrected chi connectivity index (χ2v) is 6.69. The number of benzene rings is 2. The average Bonchev–Trinajstić information content (AvgIpc) is 3.32. The Morgan fingerprint density at radius 2 is 1.72 bits per heavy atom. The number of tetrazole rings is 1. The minimum atomic E-state index is 0.450. The van der Waals surface area contributed by atoms with E-state index in [4.69, 9.17) is 4.74 Å². The fourth-order valence-electron chi connectivity index (χ4n) is 3.14. The number of hydrogen-bond acceptors (Lipinski definition) is 6. The Hall–Kier alpha value is -3.61. The van der Waals surface area contributed by atoms with Gasteiger partial charge in [-0.15, -0.1) is 5.10 Å². The number of aromatic nitrogens is 6. The van der Waals surface area contributed by atoms with Gasteiger partial charge < -0.3 is 4.74 Å². The summed E-state index contributed by atoms with van der Waals surface area (Å²) in [6.07, 6.45) is 6.45. The fourth-order valence-corrected chi connectivity index (χ4v) is 3.14. The van der Waals surface area contributed by atoms with E-state index in [1.165, 1.54) is 0 Å². The van der Waals surface area contributed by atoms with Crippen LogP contribution in [-0.4, -0.2) is 30.6 Å². The van der Waals surface area contributed by atoms with Crippen LogP contribution in [0.1, 0.15) is 31.0 Å². The Labute approximate surface area is 169 Å². The molecule has 0 aliphatic heterocycles. The fraction of sp³-hybridized carbons (Fsp3) is 0.227. The maximum absolute atomic E-state index is 5.94. The molecule has 0 bridgehead atoms. The molecule has 0 aliphatic carbocycles. The maximum atomic E-state index is 5.94. The number of aromatic amines is 1. The van der Waals surface area contributed by atoms with Gasteiger partial charge in [0.25, 0.3) is 0 Å². The van der Waals surface area contributed by atoms with Crippen molar-refractivity contribution in [1.29, 1.82) is 0 Å². The molecule has 4 aromatic rings. The van der Waals surface area contributed by atoms with Crippen LogP contribution in [0.5, 0.6) is 5.88 Å². The summed E-state index contributed by atoms with van der Waals surface area (Å²) < 4.78 is 5.94. The first-order valence-electron chi connectivity index (χ1n) is 9.70. The highest BCUT2D eigenvalue weighted by molar-refractivity contribution is 5.80. The van der Waals surface area contributed by atoms with Crippen molar-refractivity contribution in [3.8, 4) is 28.4 Å². The highest BCUT2D eigenvalue weighted by Crippen LogP contribution is 2.29. The predicted octanol–water partition coefficient (Wildman–Crippen LogP) is 4.25. The van der Waals surface area contributed by atoms with E-state index >= 15 is 0 Å². The van der Waals surface area contributed by atoms with Gasteiger partial charge in [-0.2, -0.15) is 0 Å². The topological polar surface area (TPSA) is 89.5 Å². The van der Waals surface area contributed by atoms with Gasteiger partial charge in [0.05, 0.1) is 0 Å². The lowest BCUT2D eigenvalue weighted by Gasteiger charge is -2.10. The predicted molar refractivity (Wildman–Crippen MR) is 110 cm³/mol. The van der Waals surface area contributed by atoms with Gasteiger partial charge in [-0.05, 0) is 40.0 Å². The molecule has 0 atom stereocenters. The van der Waals surface area contributed by atoms with Crippen LogP contribution in [0.15, 0.2) is 60.9 Å². The van der Waals surface area contributed by atoms with Crippen molar-refractivity contribution in [2.75, 3.05) is 0 Å². The van der Waals surface area contributed by atoms with E-state index in [0.29, 0.717) is 18.3 Å². The third-order valence-electron chi connectivity index (χ3n) is 4.67. The Morgan fingerprint density at radius 3 is 2.48 bits per heavy atom. The average molecular weight is 386 g/mol. The van der Waals surface area contributed by atoms with Crippen molar-refractivity contribution in [2.45, 2.75) is 32.8 Å². The molecule has 146 valence electrons. The number of rotatable bonds is 8. The van der Waals surface area contributed by atoms with E-state index in [1.54, 1.807) is 12.4 Å². The molecule has 7 nitrogen and oxygen atoms in total. The van der Waals surface area contributed by atoms with Crippen LogP contribution in [0.2, 0.25) is 0 Å². The number of ether oxygens (including phenoxy) is 1. The van der Waals surface area contributed by atoms with Crippen LogP contribution in [0, 0.1) is 0 Å². The molecule has 0 amide bonds. The largest absolute Gasteiger partial charge is 0.472 e. The van der Waals surface area contributed by atoms with Crippen LogP contribution in [-0.2, 0) is 13.0 Å². The second kappa shape index (κ2) is 9.05. The van der Waals surface area contributed by atoms with E-state index in [0.717, 1.165) is 47.2 Å². The standard InChI is InChI=1S/C22H22N6O/c1-2-3-8-20-22(24-14-13-23-20)29-15-16-9-11-17(12-10-16)18-6-4-5-7-19(18)21-25-27-28-26-21/h4-7,9-14H,2-3,8,15H2,1H3,(H,25,26,27,28). The summed E-state index contributed by atoms with van der Waals surface area (Å²) in [5, 5.41) is 14.2. The number of H-pyrrole nitrogens is 1. The zero-order valence-electron chi connectivity index (χ0n) is 16.2. The number of hydrogen-bond donors (Lipinski definition) is 1. The summed E-state index contributed by atoms with van der Waals surface area (Å²) in [5.74, 6) is 1.27. The first kappa shape index (κ1) is 18.7. The minimum absolute atomic E-state index is 0.450. The van der Waals surface area contributed by atoms with Crippen molar-refractivity contribution in [2.24, 2.45) is 0 Å². The number of aryl methyl sites for hydroxylation is 1. The van der Waals surface area contributed by atoms with E-state index in [2.05, 4.69) is 67.8 Å². The highest BCUT2D eigenvalue weighted by Gasteiger charge is 2.10. The summed E-state index contributed by atoms with van der Waals surface area (Å²) >= 11 is 0. The van der Waals surface area contributed by atoms with Crippen molar-refractivity contribution in [3.05, 3.63) is 72.2 Å². The van der Waals surface area contributed by atoms with Gasteiger partial charge in [-0.3, -0.25) is 4.98 Å². The molecule has 2 aromatic carbocycles. The van der Waals surface area contributed by atoms with Gasteiger partial charge in [0.1, 0.15) is 12.3 Å². The van der Waals surface area contributed by atoms with E-state index in [9.17, 15) is 0 Å². The van der Waals surface area contributed by atoms with Gasteiger partial charge in [-0.25, -0.2) is 10.1 Å². The summed E-state index contributed by atoms with van der Waals surface area (Å²) in [7, 11) is 0. The molecule has 0 radical (unpaired) electrons. The Balaban J connectivity index is 1.49. The first-order valence-corrected chi connectivity index (χ1v) is 9.70. The molecule has 0 saturated heterocycles. The van der Waals surface area contributed by atoms with Crippen LogP contribution in [0.3, 0.4) is 0 Å². The first-order chi connectivity index (χ1) is 14.3. The Kier molecular flexibility index (Phi) is 5.85. The van der Waals surface area contributed by atoms with Crippen LogP contribution in [0.4, 0.5) is 0 Å². The monoisotopic (exact) mass is 386 g/mol. The molecule has 2 aromatic heterocycles. The molecule has 0 aliphatic rings. The minimum Gasteiger partial charge on any atom is -0.472 e. The Morgan fingerprint density at radius 1 is 0.931 bits per heavy atom. The molecule has 0 spiro atoms. The lowest BCUT2D eigenvalue weighted by atomic mass is 9.98. The quantitative estimate of drug-likeness (QED) is 0.487. The van der Waals surface area contributed by atoms with Crippen LogP contribution >= 0.6 is 0 Å². The molecule has 1 N–H and O–H groups in total. The molecule has 4 rings (SSSR count). The molecule has 7 heteroatoms. The maximum Gasteiger partial charge on any atom is 0.235 e. The van der Waals surface area contributed by atoms with E-state index in [1.807, 2.05) is 18.2 Å². The highest BCUT2D eigenvalue weighted by atomic mass is 16.5. The molecule has 2 heterocycles. The zero-order valence-corrected chi connectivity index (χ0v) is 16.2. The molecule has 0 fully saturated rings. The van der Waals surface area contributed by atoms with Gasteiger partial charge in [0, 0.05) is 18.0 Å². The normalized spacial score (nSPS) is 10.8. The van der Waals surface area contributed by atoms with Gasteiger partial charge >= 0.3 is 0 Å². The van der Waals surface area contributed by atoms with Crippen LogP contribution in [0.25, 0.3) is 22.5 Å². The number of nitrogens with zero attached hydrogens (tertiary/aromatic N) is 5.